The van der Waals surface area contributed by atoms with Crippen LogP contribution in [0.3, 0.4) is 0 Å². The van der Waals surface area contributed by atoms with E-state index >= 15 is 0 Å². The molecular weight excluding hydrogens is 236 g/mol. The summed E-state index contributed by atoms with van der Waals surface area (Å²) in [5, 5.41) is 3.42. The van der Waals surface area contributed by atoms with Crippen molar-refractivity contribution in [1.29, 1.82) is 0 Å². The van der Waals surface area contributed by atoms with Crippen molar-refractivity contribution in [2.75, 3.05) is 24.6 Å². The molecule has 17 heavy (non-hydrogen) atoms. The molecule has 5 heteroatoms. The van der Waals surface area contributed by atoms with Gasteiger partial charge in [-0.2, -0.15) is 0 Å². The number of nitrogens with two attached hydrogens (primary N) is 1. The van der Waals surface area contributed by atoms with Gasteiger partial charge in [0, 0.05) is 12.1 Å². The molecule has 0 spiro atoms. The Balaban J connectivity index is 1.80. The summed E-state index contributed by atoms with van der Waals surface area (Å²) in [6.07, 6.45) is 6.83. The number of rotatable bonds is 6. The Morgan fingerprint density at radius 1 is 1.35 bits per heavy atom. The highest BCUT2D eigenvalue weighted by Gasteiger charge is 2.37. The zero-order chi connectivity index (χ0) is 12.4. The summed E-state index contributed by atoms with van der Waals surface area (Å²) in [6, 6.07) is 0. The molecule has 0 aromatic heterocycles. The van der Waals surface area contributed by atoms with Crippen molar-refractivity contribution in [3.63, 3.8) is 0 Å². The van der Waals surface area contributed by atoms with E-state index in [1.165, 1.54) is 19.3 Å². The molecule has 0 bridgehead atoms. The van der Waals surface area contributed by atoms with Gasteiger partial charge in [0.1, 0.15) is 0 Å². The molecule has 2 aliphatic rings. The van der Waals surface area contributed by atoms with Gasteiger partial charge in [0.15, 0.2) is 9.84 Å². The van der Waals surface area contributed by atoms with Gasteiger partial charge in [0.25, 0.3) is 0 Å². The molecule has 1 saturated heterocycles. The van der Waals surface area contributed by atoms with Crippen LogP contribution in [0.1, 0.15) is 38.5 Å². The number of sulfone groups is 1. The minimum atomic E-state index is -2.89. The Kier molecular flexibility index (Phi) is 4.10. The fraction of sp³-hybridized carbons (Fsp3) is 1.00. The summed E-state index contributed by atoms with van der Waals surface area (Å²) >= 11 is 0. The van der Waals surface area contributed by atoms with Crippen LogP contribution < -0.4 is 11.1 Å². The van der Waals surface area contributed by atoms with Gasteiger partial charge in [-0.15, -0.1) is 0 Å². The zero-order valence-electron chi connectivity index (χ0n) is 10.5. The van der Waals surface area contributed by atoms with Crippen molar-refractivity contribution in [1.82, 2.24) is 5.32 Å². The SMILES string of the molecule is NCC1(NCCCC2CC2)CCCS(=O)(=O)C1. The zero-order valence-corrected chi connectivity index (χ0v) is 11.3. The van der Waals surface area contributed by atoms with Gasteiger partial charge in [-0.3, -0.25) is 0 Å². The summed E-state index contributed by atoms with van der Waals surface area (Å²) < 4.78 is 23.4. The summed E-state index contributed by atoms with van der Waals surface area (Å²) in [7, 11) is -2.89. The van der Waals surface area contributed by atoms with Crippen molar-refractivity contribution >= 4 is 9.84 Å². The first kappa shape index (κ1) is 13.3. The van der Waals surface area contributed by atoms with E-state index in [-0.39, 0.29) is 11.3 Å². The van der Waals surface area contributed by atoms with Gasteiger partial charge in [0.2, 0.25) is 0 Å². The van der Waals surface area contributed by atoms with Crippen LogP contribution >= 0.6 is 0 Å². The summed E-state index contributed by atoms with van der Waals surface area (Å²) in [4.78, 5) is 0. The minimum Gasteiger partial charge on any atom is -0.329 e. The molecule has 1 aliphatic carbocycles. The Hall–Kier alpha value is -0.130. The maximum Gasteiger partial charge on any atom is 0.152 e. The quantitative estimate of drug-likeness (QED) is 0.689. The van der Waals surface area contributed by atoms with Crippen molar-refractivity contribution in [3.05, 3.63) is 0 Å². The first-order valence-electron chi connectivity index (χ1n) is 6.71. The van der Waals surface area contributed by atoms with Gasteiger partial charge in [0.05, 0.1) is 11.5 Å². The first-order valence-corrected chi connectivity index (χ1v) is 8.53. The van der Waals surface area contributed by atoms with Crippen LogP contribution in [0.2, 0.25) is 0 Å². The van der Waals surface area contributed by atoms with Crippen molar-refractivity contribution in [2.45, 2.75) is 44.1 Å². The van der Waals surface area contributed by atoms with Crippen LogP contribution in [-0.4, -0.2) is 38.6 Å². The van der Waals surface area contributed by atoms with E-state index in [4.69, 9.17) is 5.73 Å². The first-order chi connectivity index (χ1) is 8.05. The molecule has 0 radical (unpaired) electrons. The van der Waals surface area contributed by atoms with Gasteiger partial charge in [-0.25, -0.2) is 8.42 Å². The smallest absolute Gasteiger partial charge is 0.152 e. The lowest BCUT2D eigenvalue weighted by atomic mass is 9.95. The Bertz CT molecular complexity index is 352. The van der Waals surface area contributed by atoms with Gasteiger partial charge >= 0.3 is 0 Å². The van der Waals surface area contributed by atoms with Gasteiger partial charge < -0.3 is 11.1 Å². The van der Waals surface area contributed by atoms with E-state index in [0.29, 0.717) is 12.3 Å². The Labute approximate surface area is 104 Å². The fourth-order valence-corrected chi connectivity index (χ4v) is 4.65. The highest BCUT2D eigenvalue weighted by Crippen LogP contribution is 2.33. The molecular formula is C12H24N2O2S. The minimum absolute atomic E-state index is 0.222. The lowest BCUT2D eigenvalue weighted by Crippen LogP contribution is -2.58. The van der Waals surface area contributed by atoms with Crippen LogP contribution in [0.15, 0.2) is 0 Å². The largest absolute Gasteiger partial charge is 0.329 e. The predicted octanol–water partition coefficient (Wildman–Crippen LogP) is 0.672. The molecule has 3 N–H and O–H groups in total. The molecule has 1 unspecified atom stereocenters. The molecule has 1 atom stereocenters. The molecule has 1 heterocycles. The molecule has 1 aliphatic heterocycles. The fourth-order valence-electron chi connectivity index (χ4n) is 2.72. The second-order valence-corrected chi connectivity index (χ2v) is 7.88. The van der Waals surface area contributed by atoms with Crippen LogP contribution in [0.5, 0.6) is 0 Å². The molecule has 0 amide bonds. The standard InChI is InChI=1S/C12H24N2O2S/c13-9-12(6-2-8-17(15,16)10-12)14-7-1-3-11-4-5-11/h11,14H,1-10,13H2. The number of hydrogen-bond acceptors (Lipinski definition) is 4. The van der Waals surface area contributed by atoms with Gasteiger partial charge in [-0.05, 0) is 38.1 Å². The molecule has 0 aromatic carbocycles. The van der Waals surface area contributed by atoms with Gasteiger partial charge in [-0.1, -0.05) is 12.8 Å². The predicted molar refractivity (Wildman–Crippen MR) is 69.6 cm³/mol. The number of nitrogens with one attached hydrogen (secondary N) is 1. The second-order valence-electron chi connectivity index (χ2n) is 5.69. The van der Waals surface area contributed by atoms with E-state index in [0.717, 1.165) is 31.7 Å². The third kappa shape index (κ3) is 3.93. The molecule has 2 rings (SSSR count). The molecule has 2 fully saturated rings. The lowest BCUT2D eigenvalue weighted by Gasteiger charge is -2.37. The average Bonchev–Trinajstić information content (AvgIpc) is 3.07. The monoisotopic (exact) mass is 260 g/mol. The van der Waals surface area contributed by atoms with E-state index in [9.17, 15) is 8.42 Å². The van der Waals surface area contributed by atoms with Crippen LogP contribution in [0.4, 0.5) is 0 Å². The van der Waals surface area contributed by atoms with Crippen molar-refractivity contribution < 1.29 is 8.42 Å². The molecule has 100 valence electrons. The summed E-state index contributed by atoms with van der Waals surface area (Å²) in [5.74, 6) is 1.50. The maximum atomic E-state index is 11.7. The summed E-state index contributed by atoms with van der Waals surface area (Å²) in [5.41, 5.74) is 5.44. The van der Waals surface area contributed by atoms with Crippen molar-refractivity contribution in [3.8, 4) is 0 Å². The highest BCUT2D eigenvalue weighted by atomic mass is 32.2. The molecule has 1 saturated carbocycles. The number of hydrogen-bond donors (Lipinski definition) is 2. The third-order valence-corrected chi connectivity index (χ3v) is 5.89. The third-order valence-electron chi connectivity index (χ3n) is 3.98. The van der Waals surface area contributed by atoms with E-state index in [1.807, 2.05) is 0 Å². The van der Waals surface area contributed by atoms with Crippen LogP contribution in [0.25, 0.3) is 0 Å². The van der Waals surface area contributed by atoms with E-state index in [1.54, 1.807) is 0 Å². The Morgan fingerprint density at radius 3 is 2.71 bits per heavy atom. The Morgan fingerprint density at radius 2 is 2.12 bits per heavy atom. The summed E-state index contributed by atoms with van der Waals surface area (Å²) in [6.45, 7) is 1.33. The van der Waals surface area contributed by atoms with Crippen LogP contribution in [-0.2, 0) is 9.84 Å². The normalized spacial score (nSPS) is 32.5. The highest BCUT2D eigenvalue weighted by molar-refractivity contribution is 7.91. The van der Waals surface area contributed by atoms with Crippen LogP contribution in [0, 0.1) is 5.92 Å². The maximum absolute atomic E-state index is 11.7. The second kappa shape index (κ2) is 5.24. The average molecular weight is 260 g/mol. The van der Waals surface area contributed by atoms with Crippen molar-refractivity contribution in [2.24, 2.45) is 11.7 Å². The molecule has 4 nitrogen and oxygen atoms in total. The van der Waals surface area contributed by atoms with E-state index < -0.39 is 9.84 Å². The van der Waals surface area contributed by atoms with E-state index in [2.05, 4.69) is 5.32 Å². The topological polar surface area (TPSA) is 72.2 Å². The lowest BCUT2D eigenvalue weighted by molar-refractivity contribution is 0.324. The molecule has 0 aromatic rings.